The summed E-state index contributed by atoms with van der Waals surface area (Å²) in [5.74, 6) is 0. The van der Waals surface area contributed by atoms with E-state index in [9.17, 15) is 0 Å². The Morgan fingerprint density at radius 1 is 0.667 bits per heavy atom. The van der Waals surface area contributed by atoms with Gasteiger partial charge in [-0.2, -0.15) is 0 Å². The van der Waals surface area contributed by atoms with Gasteiger partial charge in [-0.15, -0.1) is 6.58 Å². The molecule has 0 aromatic rings. The second kappa shape index (κ2) is 31.7. The molecule has 0 bridgehead atoms. The number of hydrogen-bond donors (Lipinski definition) is 8. The van der Waals surface area contributed by atoms with Crippen molar-refractivity contribution in [3.63, 3.8) is 0 Å². The van der Waals surface area contributed by atoms with Crippen molar-refractivity contribution in [2.24, 2.45) is 22.9 Å². The Labute approximate surface area is 129 Å². The highest BCUT2D eigenvalue weighted by Crippen LogP contribution is 1.57. The molecule has 0 rings (SSSR count). The van der Waals surface area contributed by atoms with E-state index in [1.807, 2.05) is 0 Å². The lowest BCUT2D eigenvalue weighted by Gasteiger charge is -2.03. The van der Waals surface area contributed by atoms with Gasteiger partial charge in [0.05, 0.1) is 6.61 Å². The van der Waals surface area contributed by atoms with Crippen LogP contribution in [0, 0.1) is 0 Å². The Morgan fingerprint density at radius 2 is 0.905 bits per heavy atom. The van der Waals surface area contributed by atoms with Crippen LogP contribution in [0.1, 0.15) is 0 Å². The lowest BCUT2D eigenvalue weighted by atomic mass is 10.5. The predicted molar refractivity (Wildman–Crippen MR) is 92.1 cm³/mol. The Balaban J connectivity index is -0.000000256. The average Bonchev–Trinajstić information content (AvgIpc) is 2.52. The molecule has 8 nitrogen and oxygen atoms in total. The highest BCUT2D eigenvalue weighted by molar-refractivity contribution is 4.60. The van der Waals surface area contributed by atoms with E-state index in [1.54, 1.807) is 0 Å². The van der Waals surface area contributed by atoms with Crippen molar-refractivity contribution < 1.29 is 5.11 Å². The van der Waals surface area contributed by atoms with Crippen LogP contribution < -0.4 is 38.9 Å². The second-order valence-corrected chi connectivity index (χ2v) is 3.88. The van der Waals surface area contributed by atoms with Crippen LogP contribution in [-0.4, -0.2) is 77.2 Å². The van der Waals surface area contributed by atoms with Gasteiger partial charge in [0.2, 0.25) is 0 Å². The van der Waals surface area contributed by atoms with E-state index in [-0.39, 0.29) is 6.61 Å². The summed E-state index contributed by atoms with van der Waals surface area (Å²) >= 11 is 0. The van der Waals surface area contributed by atoms with Crippen LogP contribution in [0.3, 0.4) is 0 Å². The van der Waals surface area contributed by atoms with Crippen molar-refractivity contribution in [1.82, 2.24) is 16.0 Å². The molecule has 0 unspecified atom stereocenters. The van der Waals surface area contributed by atoms with Crippen LogP contribution in [0.15, 0.2) is 12.7 Å². The lowest BCUT2D eigenvalue weighted by Crippen LogP contribution is -2.32. The van der Waals surface area contributed by atoms with Gasteiger partial charge in [0.1, 0.15) is 0 Å². The number of hydrogen-bond acceptors (Lipinski definition) is 8. The molecule has 0 heterocycles. The van der Waals surface area contributed by atoms with Gasteiger partial charge in [-0.3, -0.25) is 0 Å². The van der Waals surface area contributed by atoms with Crippen molar-refractivity contribution in [2.75, 3.05) is 72.1 Å². The van der Waals surface area contributed by atoms with Gasteiger partial charge < -0.3 is 44.0 Å². The fourth-order valence-corrected chi connectivity index (χ4v) is 0.960. The number of rotatable bonds is 12. The molecule has 130 valence electrons. The standard InChI is InChI=1S/C6H18N4.C4H13N3.C3H6O/c7-1-3-9-5-6-10-4-2-8;5-1-3-7-4-2-6;1-2-3-4/h9-10H,1-8H2;7H,1-6H2;2,4H,1,3H2. The first-order chi connectivity index (χ1) is 10.2. The van der Waals surface area contributed by atoms with Crippen LogP contribution in [0.4, 0.5) is 0 Å². The zero-order chi connectivity index (χ0) is 16.6. The first-order valence-corrected chi connectivity index (χ1v) is 7.39. The Hall–Kier alpha value is -0.580. The minimum absolute atomic E-state index is 0.0833. The summed E-state index contributed by atoms with van der Waals surface area (Å²) in [6.07, 6.45) is 1.43. The monoisotopic (exact) mass is 307 g/mol. The molecule has 0 spiro atoms. The highest BCUT2D eigenvalue weighted by Gasteiger charge is 1.83. The molecule has 0 aromatic heterocycles. The number of nitrogens with two attached hydrogens (primary N) is 4. The smallest absolute Gasteiger partial charge is 0.0609 e. The van der Waals surface area contributed by atoms with Gasteiger partial charge in [0, 0.05) is 65.4 Å². The third-order valence-electron chi connectivity index (χ3n) is 1.89. The topological polar surface area (TPSA) is 160 Å². The molecule has 0 atom stereocenters. The molecule has 21 heavy (non-hydrogen) atoms. The predicted octanol–water partition coefficient (Wildman–Crippen LogP) is -3.26. The van der Waals surface area contributed by atoms with Crippen LogP contribution >= 0.6 is 0 Å². The highest BCUT2D eigenvalue weighted by atomic mass is 16.2. The first kappa shape index (κ1) is 25.4. The summed E-state index contributed by atoms with van der Waals surface area (Å²) in [5.41, 5.74) is 20.9. The van der Waals surface area contributed by atoms with Crippen LogP contribution in [-0.2, 0) is 0 Å². The van der Waals surface area contributed by atoms with Gasteiger partial charge >= 0.3 is 0 Å². The van der Waals surface area contributed by atoms with Crippen molar-refractivity contribution in [2.45, 2.75) is 0 Å². The maximum absolute atomic E-state index is 7.76. The van der Waals surface area contributed by atoms with E-state index in [1.165, 1.54) is 6.08 Å². The molecule has 8 heteroatoms. The minimum atomic E-state index is 0.0833. The summed E-state index contributed by atoms with van der Waals surface area (Å²) in [6, 6.07) is 0. The van der Waals surface area contributed by atoms with E-state index in [0.717, 1.165) is 39.3 Å². The van der Waals surface area contributed by atoms with Crippen LogP contribution in [0.5, 0.6) is 0 Å². The van der Waals surface area contributed by atoms with Gasteiger partial charge in [0.25, 0.3) is 0 Å². The molecule has 0 saturated heterocycles. The lowest BCUT2D eigenvalue weighted by molar-refractivity contribution is 0.343. The zero-order valence-corrected chi connectivity index (χ0v) is 13.3. The SMILES string of the molecule is C=CCO.NCCNCCN.NCCNCCNCCN. The summed E-state index contributed by atoms with van der Waals surface area (Å²) < 4.78 is 0. The van der Waals surface area contributed by atoms with Gasteiger partial charge in [0.15, 0.2) is 0 Å². The van der Waals surface area contributed by atoms with Gasteiger partial charge in [-0.25, -0.2) is 0 Å². The molecule has 0 saturated carbocycles. The number of nitrogens with one attached hydrogen (secondary N) is 3. The quantitative estimate of drug-likeness (QED) is 0.138. The summed E-state index contributed by atoms with van der Waals surface area (Å²) in [4.78, 5) is 0. The van der Waals surface area contributed by atoms with Crippen molar-refractivity contribution in [1.29, 1.82) is 0 Å². The molecular weight excluding hydrogens is 270 g/mol. The van der Waals surface area contributed by atoms with Crippen molar-refractivity contribution in [3.8, 4) is 0 Å². The minimum Gasteiger partial charge on any atom is -0.392 e. The molecule has 0 aromatic carbocycles. The molecule has 0 fully saturated rings. The number of aliphatic hydroxyl groups is 1. The Morgan fingerprint density at radius 3 is 1.10 bits per heavy atom. The molecule has 0 radical (unpaired) electrons. The third-order valence-corrected chi connectivity index (χ3v) is 1.89. The summed E-state index contributed by atoms with van der Waals surface area (Å²) in [7, 11) is 0. The molecule has 12 N–H and O–H groups in total. The van der Waals surface area contributed by atoms with Crippen molar-refractivity contribution >= 4 is 0 Å². The first-order valence-electron chi connectivity index (χ1n) is 7.39. The molecule has 0 amide bonds. The third kappa shape index (κ3) is 45.2. The van der Waals surface area contributed by atoms with Gasteiger partial charge in [-0.1, -0.05) is 6.08 Å². The summed E-state index contributed by atoms with van der Waals surface area (Å²) in [5, 5.41) is 17.1. The molecule has 0 aliphatic rings. The van der Waals surface area contributed by atoms with E-state index < -0.39 is 0 Å². The van der Waals surface area contributed by atoms with E-state index in [2.05, 4.69) is 22.5 Å². The maximum Gasteiger partial charge on any atom is 0.0609 e. The van der Waals surface area contributed by atoms with Crippen LogP contribution in [0.2, 0.25) is 0 Å². The summed E-state index contributed by atoms with van der Waals surface area (Å²) in [6.45, 7) is 11.6. The largest absolute Gasteiger partial charge is 0.392 e. The van der Waals surface area contributed by atoms with E-state index in [4.69, 9.17) is 28.0 Å². The van der Waals surface area contributed by atoms with Crippen molar-refractivity contribution in [3.05, 3.63) is 12.7 Å². The second-order valence-electron chi connectivity index (χ2n) is 3.88. The maximum atomic E-state index is 7.76. The molecular formula is C13H37N7O. The zero-order valence-electron chi connectivity index (χ0n) is 13.3. The molecule has 0 aliphatic carbocycles. The van der Waals surface area contributed by atoms with Crippen LogP contribution in [0.25, 0.3) is 0 Å². The normalized spacial score (nSPS) is 9.19. The van der Waals surface area contributed by atoms with E-state index >= 15 is 0 Å². The number of aliphatic hydroxyl groups excluding tert-OH is 1. The van der Waals surface area contributed by atoms with Gasteiger partial charge in [-0.05, 0) is 0 Å². The Kier molecular flexibility index (Phi) is 38.3. The average molecular weight is 307 g/mol. The van der Waals surface area contributed by atoms with E-state index in [0.29, 0.717) is 26.2 Å². The molecule has 0 aliphatic heterocycles. The fraction of sp³-hybridized carbons (Fsp3) is 0.846. The fourth-order valence-electron chi connectivity index (χ4n) is 0.960. The Bertz CT molecular complexity index is 149.